The molecule has 19 heavy (non-hydrogen) atoms. The molecule has 4 N–H and O–H groups in total. The third-order valence-corrected chi connectivity index (χ3v) is 2.40. The van der Waals surface area contributed by atoms with E-state index < -0.39 is 23.0 Å². The van der Waals surface area contributed by atoms with E-state index in [9.17, 15) is 18.8 Å². The van der Waals surface area contributed by atoms with E-state index in [2.05, 4.69) is 0 Å². The van der Waals surface area contributed by atoms with Gasteiger partial charge in [0.2, 0.25) is 5.82 Å². The molecule has 0 aromatic carbocycles. The summed E-state index contributed by atoms with van der Waals surface area (Å²) >= 11 is 0. The van der Waals surface area contributed by atoms with Crippen molar-refractivity contribution >= 4 is 5.91 Å². The summed E-state index contributed by atoms with van der Waals surface area (Å²) in [5.74, 6) is 3.37. The molecule has 9 heteroatoms. The summed E-state index contributed by atoms with van der Waals surface area (Å²) < 4.78 is 19.0. The smallest absolute Gasteiger partial charge is 0.328 e. The second-order valence-electron chi connectivity index (χ2n) is 3.60. The maximum atomic E-state index is 13.1. The summed E-state index contributed by atoms with van der Waals surface area (Å²) in [4.78, 5) is 35.5. The number of nitrogens with two attached hydrogens (primary N) is 1. The molecule has 0 bridgehead atoms. The highest BCUT2D eigenvalue weighted by molar-refractivity contribution is 5.94. The highest BCUT2D eigenvalue weighted by Crippen LogP contribution is 2.11. The molecule has 0 saturated heterocycles. The molecule has 0 radical (unpaired) electrons. The van der Waals surface area contributed by atoms with E-state index in [1.54, 1.807) is 4.98 Å². The third kappa shape index (κ3) is 2.45. The minimum atomic E-state index is -1.11. The zero-order valence-electron chi connectivity index (χ0n) is 9.47. The molecule has 0 aliphatic heterocycles. The fraction of sp³-hybridized carbons (Fsp3) is 0.100. The zero-order valence-corrected chi connectivity index (χ0v) is 9.47. The molecule has 0 aliphatic carbocycles. The van der Waals surface area contributed by atoms with Crippen LogP contribution in [-0.4, -0.2) is 15.5 Å². The lowest BCUT2D eigenvalue weighted by Gasteiger charge is -2.04. The maximum Gasteiger partial charge on any atom is 0.328 e. The number of nitrogen functional groups attached to an aromatic ring is 1. The number of rotatable bonds is 3. The molecule has 2 aromatic rings. The number of amides is 1. The van der Waals surface area contributed by atoms with E-state index in [0.29, 0.717) is 0 Å². The molecule has 0 spiro atoms. The van der Waals surface area contributed by atoms with Gasteiger partial charge in [-0.3, -0.25) is 24.6 Å². The van der Waals surface area contributed by atoms with Gasteiger partial charge < -0.3 is 4.42 Å². The zero-order chi connectivity index (χ0) is 14.0. The van der Waals surface area contributed by atoms with E-state index in [0.717, 1.165) is 10.8 Å². The van der Waals surface area contributed by atoms with Crippen LogP contribution in [0.2, 0.25) is 0 Å². The normalized spacial score (nSPS) is 10.4. The summed E-state index contributed by atoms with van der Waals surface area (Å²) in [5.41, 5.74) is 0.0943. The number of aromatic nitrogens is 2. The van der Waals surface area contributed by atoms with Crippen molar-refractivity contribution < 1.29 is 13.6 Å². The van der Waals surface area contributed by atoms with Gasteiger partial charge in [-0.05, 0) is 6.07 Å². The van der Waals surface area contributed by atoms with Crippen molar-refractivity contribution in [2.45, 2.75) is 6.54 Å². The monoisotopic (exact) mass is 268 g/mol. The van der Waals surface area contributed by atoms with Crippen LogP contribution in [-0.2, 0) is 6.54 Å². The summed E-state index contributed by atoms with van der Waals surface area (Å²) in [6, 6.07) is 1.35. The summed E-state index contributed by atoms with van der Waals surface area (Å²) in [6.07, 6.45) is 1.96. The van der Waals surface area contributed by atoms with Crippen LogP contribution >= 0.6 is 0 Å². The Morgan fingerprint density at radius 2 is 2.26 bits per heavy atom. The molecule has 0 unspecified atom stereocenters. The Bertz CT molecular complexity index is 730. The van der Waals surface area contributed by atoms with Gasteiger partial charge in [-0.15, -0.1) is 0 Å². The van der Waals surface area contributed by atoms with E-state index in [1.165, 1.54) is 12.3 Å². The number of nitrogens with zero attached hydrogens (tertiary/aromatic N) is 1. The number of hydrogen-bond acceptors (Lipinski definition) is 5. The quantitative estimate of drug-likeness (QED) is 0.371. The summed E-state index contributed by atoms with van der Waals surface area (Å²) in [7, 11) is 0. The number of furan rings is 1. The van der Waals surface area contributed by atoms with Crippen molar-refractivity contribution in [3.8, 4) is 0 Å². The fourth-order valence-electron chi connectivity index (χ4n) is 1.50. The Labute approximate surface area is 104 Å². The van der Waals surface area contributed by atoms with Crippen LogP contribution in [0.15, 0.2) is 32.5 Å². The largest absolute Gasteiger partial charge is 0.467 e. The minimum Gasteiger partial charge on any atom is -0.467 e. The highest BCUT2D eigenvalue weighted by atomic mass is 19.1. The molecular formula is C10H9FN4O4. The number of nitrogens with one attached hydrogen (secondary N) is 2. The molecule has 2 rings (SSSR count). The Kier molecular flexibility index (Phi) is 3.29. The van der Waals surface area contributed by atoms with Crippen LogP contribution in [0.25, 0.3) is 0 Å². The number of carbonyl (C=O) groups is 1. The van der Waals surface area contributed by atoms with Gasteiger partial charge in [0.25, 0.3) is 11.5 Å². The van der Waals surface area contributed by atoms with Gasteiger partial charge in [0.1, 0.15) is 5.76 Å². The molecule has 0 atom stereocenters. The van der Waals surface area contributed by atoms with Gasteiger partial charge in [-0.25, -0.2) is 10.6 Å². The molecule has 0 saturated carbocycles. The standard InChI is InChI=1S/C10H9FN4O4/c11-6-3-15(10(18)13-9(6)17)4-7-5(1-2-19-7)8(16)14-12/h1-3H,4,12H2,(H,14,16)(H,13,17,18). The van der Waals surface area contributed by atoms with Crippen molar-refractivity contribution in [3.05, 3.63) is 56.5 Å². The van der Waals surface area contributed by atoms with Gasteiger partial charge >= 0.3 is 5.69 Å². The van der Waals surface area contributed by atoms with Crippen molar-refractivity contribution in [1.29, 1.82) is 0 Å². The predicted molar refractivity (Wildman–Crippen MR) is 60.7 cm³/mol. The molecule has 0 aliphatic rings. The van der Waals surface area contributed by atoms with Gasteiger partial charge in [0, 0.05) is 0 Å². The average molecular weight is 268 g/mol. The van der Waals surface area contributed by atoms with Crippen LogP contribution in [0, 0.1) is 5.82 Å². The Hall–Kier alpha value is -2.68. The predicted octanol–water partition coefficient (Wildman–Crippen LogP) is -1.08. The van der Waals surface area contributed by atoms with E-state index in [4.69, 9.17) is 10.3 Å². The van der Waals surface area contributed by atoms with E-state index in [-0.39, 0.29) is 17.9 Å². The number of H-pyrrole nitrogens is 1. The van der Waals surface area contributed by atoms with Crippen molar-refractivity contribution in [1.82, 2.24) is 15.0 Å². The van der Waals surface area contributed by atoms with Crippen LogP contribution < -0.4 is 22.5 Å². The van der Waals surface area contributed by atoms with Crippen molar-refractivity contribution in [2.24, 2.45) is 5.84 Å². The first-order chi connectivity index (χ1) is 9.02. The third-order valence-electron chi connectivity index (χ3n) is 2.40. The maximum absolute atomic E-state index is 13.1. The molecule has 0 fully saturated rings. The second-order valence-corrected chi connectivity index (χ2v) is 3.60. The second kappa shape index (κ2) is 4.90. The van der Waals surface area contributed by atoms with E-state index >= 15 is 0 Å². The minimum absolute atomic E-state index is 0.108. The number of carbonyl (C=O) groups excluding carboxylic acids is 1. The molecular weight excluding hydrogens is 259 g/mol. The summed E-state index contributed by atoms with van der Waals surface area (Å²) in [5, 5.41) is 0. The van der Waals surface area contributed by atoms with Crippen LogP contribution in [0.5, 0.6) is 0 Å². The fourth-order valence-corrected chi connectivity index (χ4v) is 1.50. The van der Waals surface area contributed by atoms with Crippen molar-refractivity contribution in [3.63, 3.8) is 0 Å². The van der Waals surface area contributed by atoms with Gasteiger partial charge in [-0.2, -0.15) is 4.39 Å². The van der Waals surface area contributed by atoms with Crippen molar-refractivity contribution in [2.75, 3.05) is 0 Å². The van der Waals surface area contributed by atoms with Crippen LogP contribution in [0.3, 0.4) is 0 Å². The van der Waals surface area contributed by atoms with Crippen LogP contribution in [0.4, 0.5) is 4.39 Å². The lowest BCUT2D eigenvalue weighted by atomic mass is 10.2. The van der Waals surface area contributed by atoms with Crippen LogP contribution in [0.1, 0.15) is 16.1 Å². The van der Waals surface area contributed by atoms with E-state index in [1.807, 2.05) is 5.43 Å². The van der Waals surface area contributed by atoms with Gasteiger partial charge in [0.05, 0.1) is 24.6 Å². The lowest BCUT2D eigenvalue weighted by molar-refractivity contribution is 0.0951. The molecule has 2 aromatic heterocycles. The molecule has 2 heterocycles. The Balaban J connectivity index is 2.40. The molecule has 8 nitrogen and oxygen atoms in total. The number of aromatic amines is 1. The average Bonchev–Trinajstić information content (AvgIpc) is 2.83. The topological polar surface area (TPSA) is 123 Å². The first kappa shape index (κ1) is 12.8. The molecule has 1 amide bonds. The molecule has 100 valence electrons. The first-order valence-electron chi connectivity index (χ1n) is 5.09. The number of hydrogen-bond donors (Lipinski definition) is 3. The Morgan fingerprint density at radius 1 is 1.53 bits per heavy atom. The number of halogens is 1. The highest BCUT2D eigenvalue weighted by Gasteiger charge is 2.15. The van der Waals surface area contributed by atoms with Gasteiger partial charge in [-0.1, -0.05) is 0 Å². The summed E-state index contributed by atoms with van der Waals surface area (Å²) in [6.45, 7) is -0.220. The lowest BCUT2D eigenvalue weighted by Crippen LogP contribution is -2.33. The number of hydrazine groups is 1. The van der Waals surface area contributed by atoms with Gasteiger partial charge in [0.15, 0.2) is 0 Å². The first-order valence-corrected chi connectivity index (χ1v) is 5.09. The SMILES string of the molecule is NNC(=O)c1ccoc1Cn1cc(F)c(=O)[nH]c1=O. The Morgan fingerprint density at radius 3 is 2.95 bits per heavy atom.